The number of nitriles is 1. The normalized spacial score (nSPS) is 10.6. The lowest BCUT2D eigenvalue weighted by atomic mass is 10.2. The van der Waals surface area contributed by atoms with Gasteiger partial charge in [0.1, 0.15) is 5.69 Å². The predicted molar refractivity (Wildman–Crippen MR) is 75.6 cm³/mol. The number of hydrogen-bond acceptors (Lipinski definition) is 3. The van der Waals surface area contributed by atoms with E-state index in [4.69, 9.17) is 28.5 Å². The lowest BCUT2D eigenvalue weighted by Gasteiger charge is -2.08. The van der Waals surface area contributed by atoms with Gasteiger partial charge < -0.3 is 4.57 Å². The first-order valence-electron chi connectivity index (χ1n) is 5.76. The highest BCUT2D eigenvalue weighted by molar-refractivity contribution is 6.42. The molecule has 0 aliphatic heterocycles. The van der Waals surface area contributed by atoms with Crippen LogP contribution in [0.25, 0.3) is 11.0 Å². The van der Waals surface area contributed by atoms with E-state index in [1.54, 1.807) is 19.2 Å². The van der Waals surface area contributed by atoms with Crippen molar-refractivity contribution in [3.8, 4) is 6.07 Å². The fourth-order valence-corrected chi connectivity index (χ4v) is 2.19. The average Bonchev–Trinajstić information content (AvgIpc) is 2.38. The second-order valence-electron chi connectivity index (χ2n) is 4.19. The van der Waals surface area contributed by atoms with Crippen LogP contribution in [0.3, 0.4) is 0 Å². The van der Waals surface area contributed by atoms with E-state index >= 15 is 0 Å². The van der Waals surface area contributed by atoms with Gasteiger partial charge in [0.05, 0.1) is 27.1 Å². The molecule has 0 spiro atoms. The summed E-state index contributed by atoms with van der Waals surface area (Å²) in [4.78, 5) is 16.4. The molecule has 6 heteroatoms. The Kier molecular flexibility index (Phi) is 4.08. The van der Waals surface area contributed by atoms with E-state index in [0.717, 1.165) is 0 Å². The zero-order valence-electron chi connectivity index (χ0n) is 10.3. The monoisotopic (exact) mass is 295 g/mol. The molecular weight excluding hydrogens is 285 g/mol. The molecule has 19 heavy (non-hydrogen) atoms. The van der Waals surface area contributed by atoms with E-state index in [0.29, 0.717) is 46.0 Å². The minimum Gasteiger partial charge on any atom is -0.308 e. The highest BCUT2D eigenvalue weighted by atomic mass is 35.5. The van der Waals surface area contributed by atoms with Crippen molar-refractivity contribution in [3.05, 3.63) is 38.2 Å². The number of aromatic nitrogens is 2. The van der Waals surface area contributed by atoms with Gasteiger partial charge in [-0.25, -0.2) is 4.98 Å². The summed E-state index contributed by atoms with van der Waals surface area (Å²) in [5.41, 5.74) is 1.55. The molecule has 0 aliphatic carbocycles. The average molecular weight is 296 g/mol. The topological polar surface area (TPSA) is 58.7 Å². The molecule has 0 aliphatic rings. The molecule has 4 nitrogen and oxygen atoms in total. The summed E-state index contributed by atoms with van der Waals surface area (Å²) in [6, 6.07) is 5.33. The van der Waals surface area contributed by atoms with Crippen LogP contribution in [0, 0.1) is 11.3 Å². The number of unbranched alkanes of at least 4 members (excludes halogenated alkanes) is 1. The van der Waals surface area contributed by atoms with Gasteiger partial charge in [0.25, 0.3) is 5.56 Å². The van der Waals surface area contributed by atoms with Crippen molar-refractivity contribution in [2.24, 2.45) is 7.05 Å². The lowest BCUT2D eigenvalue weighted by molar-refractivity contribution is 0.780. The van der Waals surface area contributed by atoms with E-state index in [-0.39, 0.29) is 5.56 Å². The van der Waals surface area contributed by atoms with Gasteiger partial charge in [0.2, 0.25) is 0 Å². The quantitative estimate of drug-likeness (QED) is 0.818. The van der Waals surface area contributed by atoms with Gasteiger partial charge in [0.15, 0.2) is 0 Å². The number of fused-ring (bicyclic) bond motifs is 1. The smallest absolute Gasteiger partial charge is 0.272 e. The minimum absolute atomic E-state index is 0.163. The predicted octanol–water partition coefficient (Wildman–Crippen LogP) is 3.09. The van der Waals surface area contributed by atoms with Crippen molar-refractivity contribution in [2.75, 3.05) is 0 Å². The maximum absolute atomic E-state index is 12.1. The van der Waals surface area contributed by atoms with Crippen molar-refractivity contribution in [1.29, 1.82) is 5.26 Å². The Labute approximate surface area is 120 Å². The number of aryl methyl sites for hydroxylation is 2. The Morgan fingerprint density at radius 2 is 2.05 bits per heavy atom. The van der Waals surface area contributed by atoms with Crippen molar-refractivity contribution in [1.82, 2.24) is 9.55 Å². The van der Waals surface area contributed by atoms with Crippen LogP contribution in [0.4, 0.5) is 0 Å². The molecule has 1 heterocycles. The van der Waals surface area contributed by atoms with Gasteiger partial charge in [-0.05, 0) is 25.0 Å². The second kappa shape index (κ2) is 5.60. The van der Waals surface area contributed by atoms with E-state index in [1.807, 2.05) is 0 Å². The summed E-state index contributed by atoms with van der Waals surface area (Å²) >= 11 is 11.9. The van der Waals surface area contributed by atoms with Crippen molar-refractivity contribution < 1.29 is 0 Å². The Morgan fingerprint density at radius 1 is 1.37 bits per heavy atom. The van der Waals surface area contributed by atoms with Gasteiger partial charge in [-0.2, -0.15) is 5.26 Å². The molecule has 0 fully saturated rings. The van der Waals surface area contributed by atoms with E-state index in [1.165, 1.54) is 4.57 Å². The molecule has 0 saturated heterocycles. The molecule has 1 aromatic heterocycles. The van der Waals surface area contributed by atoms with Gasteiger partial charge >= 0.3 is 0 Å². The third-order valence-electron chi connectivity index (χ3n) is 2.89. The first kappa shape index (κ1) is 13.9. The van der Waals surface area contributed by atoms with Gasteiger partial charge in [0, 0.05) is 13.5 Å². The molecule has 1 aromatic carbocycles. The molecule has 0 bridgehead atoms. The highest BCUT2D eigenvalue weighted by Crippen LogP contribution is 2.26. The molecule has 2 rings (SSSR count). The fourth-order valence-electron chi connectivity index (χ4n) is 1.88. The van der Waals surface area contributed by atoms with Crippen molar-refractivity contribution >= 4 is 34.2 Å². The maximum Gasteiger partial charge on any atom is 0.272 e. The first-order chi connectivity index (χ1) is 9.04. The number of benzene rings is 1. The van der Waals surface area contributed by atoms with Gasteiger partial charge in [-0.1, -0.05) is 23.2 Å². The minimum atomic E-state index is -0.163. The van der Waals surface area contributed by atoms with Crippen LogP contribution >= 0.6 is 23.2 Å². The summed E-state index contributed by atoms with van der Waals surface area (Å²) in [6.07, 6.45) is 1.51. The zero-order chi connectivity index (χ0) is 14.0. The number of hydrogen-bond donors (Lipinski definition) is 0. The van der Waals surface area contributed by atoms with Crippen LogP contribution in [-0.2, 0) is 13.5 Å². The number of rotatable bonds is 3. The Bertz CT molecular complexity index is 731. The Morgan fingerprint density at radius 3 is 2.74 bits per heavy atom. The molecule has 0 saturated carbocycles. The fraction of sp³-hybridized carbons (Fsp3) is 0.308. The van der Waals surface area contributed by atoms with E-state index in [2.05, 4.69) is 11.1 Å². The summed E-state index contributed by atoms with van der Waals surface area (Å²) in [7, 11) is 1.67. The third kappa shape index (κ3) is 2.73. The summed E-state index contributed by atoms with van der Waals surface area (Å²) < 4.78 is 1.51. The molecule has 98 valence electrons. The molecular formula is C13H11Cl2N3O. The molecule has 0 atom stereocenters. The SMILES string of the molecule is Cn1c(=O)c(CCCC#N)nc2cc(Cl)c(Cl)cc21. The molecule has 2 aromatic rings. The number of nitrogens with zero attached hydrogens (tertiary/aromatic N) is 3. The second-order valence-corrected chi connectivity index (χ2v) is 5.00. The lowest BCUT2D eigenvalue weighted by Crippen LogP contribution is -2.23. The third-order valence-corrected chi connectivity index (χ3v) is 3.61. The Balaban J connectivity index is 2.57. The molecule has 0 unspecified atom stereocenters. The standard InChI is InChI=1S/C13H11Cl2N3O/c1-18-12-7-9(15)8(14)6-11(12)17-10(13(18)19)4-2-3-5-16/h6-7H,2-4H2,1H3. The maximum atomic E-state index is 12.1. The molecule has 0 N–H and O–H groups in total. The first-order valence-corrected chi connectivity index (χ1v) is 6.52. The molecule has 0 radical (unpaired) electrons. The van der Waals surface area contributed by atoms with Crippen LogP contribution in [0.1, 0.15) is 18.5 Å². The summed E-state index contributed by atoms with van der Waals surface area (Å²) in [5, 5.41) is 9.32. The Hall–Kier alpha value is -1.57. The highest BCUT2D eigenvalue weighted by Gasteiger charge is 2.10. The summed E-state index contributed by atoms with van der Waals surface area (Å²) in [6.45, 7) is 0. The van der Waals surface area contributed by atoms with Crippen LogP contribution in [0.5, 0.6) is 0 Å². The largest absolute Gasteiger partial charge is 0.308 e. The van der Waals surface area contributed by atoms with Crippen molar-refractivity contribution in [3.63, 3.8) is 0 Å². The summed E-state index contributed by atoms with van der Waals surface area (Å²) in [5.74, 6) is 0. The van der Waals surface area contributed by atoms with Crippen molar-refractivity contribution in [2.45, 2.75) is 19.3 Å². The zero-order valence-corrected chi connectivity index (χ0v) is 11.8. The van der Waals surface area contributed by atoms with E-state index in [9.17, 15) is 4.79 Å². The van der Waals surface area contributed by atoms with Gasteiger partial charge in [-0.15, -0.1) is 0 Å². The van der Waals surface area contributed by atoms with Crippen LogP contribution < -0.4 is 5.56 Å². The van der Waals surface area contributed by atoms with Crippen LogP contribution in [0.15, 0.2) is 16.9 Å². The van der Waals surface area contributed by atoms with Crippen LogP contribution in [0.2, 0.25) is 10.0 Å². The van der Waals surface area contributed by atoms with E-state index < -0.39 is 0 Å². The van der Waals surface area contributed by atoms with Gasteiger partial charge in [-0.3, -0.25) is 4.79 Å². The number of halogens is 2. The van der Waals surface area contributed by atoms with Crippen LogP contribution in [-0.4, -0.2) is 9.55 Å². The molecule has 0 amide bonds.